The van der Waals surface area contributed by atoms with Crippen molar-refractivity contribution in [1.82, 2.24) is 0 Å². The van der Waals surface area contributed by atoms with E-state index in [0.29, 0.717) is 17.5 Å². The maximum absolute atomic E-state index is 12.0. The molecule has 2 N–H and O–H groups in total. The van der Waals surface area contributed by atoms with Crippen LogP contribution in [-0.4, -0.2) is 22.7 Å². The van der Waals surface area contributed by atoms with E-state index in [1.54, 1.807) is 6.07 Å². The smallest absolute Gasteiger partial charge is 0.0576 e. The molecule has 0 bridgehead atoms. The molecule has 1 saturated heterocycles. The quantitative estimate of drug-likeness (QED) is 0.819. The monoisotopic (exact) mass is 253 g/mol. The Hall–Kier alpha value is -0.870. The van der Waals surface area contributed by atoms with Crippen LogP contribution in [0.5, 0.6) is 0 Å². The van der Waals surface area contributed by atoms with Crippen LogP contribution in [0.3, 0.4) is 0 Å². The number of nitrogens with two attached hydrogens (primary N) is 1. The number of nitrogen functional groups attached to an aromatic ring is 1. The van der Waals surface area contributed by atoms with Gasteiger partial charge in [0.15, 0.2) is 0 Å². The molecule has 1 fully saturated rings. The van der Waals surface area contributed by atoms with Gasteiger partial charge in [-0.3, -0.25) is 4.21 Å². The van der Waals surface area contributed by atoms with Crippen LogP contribution in [0.1, 0.15) is 25.7 Å². The van der Waals surface area contributed by atoms with Gasteiger partial charge in [0.05, 0.1) is 16.9 Å². The second-order valence-electron chi connectivity index (χ2n) is 4.40. The van der Waals surface area contributed by atoms with E-state index < -0.39 is 10.8 Å². The Balaban J connectivity index is 1.77. The molecule has 4 heteroatoms. The SMILES string of the molecule is Nc1cccc(S(=O)CCCC2CCCO2)c1. The Morgan fingerprint density at radius 3 is 3.06 bits per heavy atom. The van der Waals surface area contributed by atoms with Gasteiger partial charge in [0.2, 0.25) is 0 Å². The molecule has 0 radical (unpaired) electrons. The van der Waals surface area contributed by atoms with Gasteiger partial charge in [0.25, 0.3) is 0 Å². The molecule has 94 valence electrons. The fraction of sp³-hybridized carbons (Fsp3) is 0.538. The van der Waals surface area contributed by atoms with Crippen LogP contribution in [0, 0.1) is 0 Å². The van der Waals surface area contributed by atoms with Gasteiger partial charge in [0.1, 0.15) is 0 Å². The summed E-state index contributed by atoms with van der Waals surface area (Å²) in [6, 6.07) is 7.33. The lowest BCUT2D eigenvalue weighted by Crippen LogP contribution is -2.07. The first kappa shape index (κ1) is 12.6. The molecular weight excluding hydrogens is 234 g/mol. The van der Waals surface area contributed by atoms with Gasteiger partial charge in [-0.1, -0.05) is 6.07 Å². The van der Waals surface area contributed by atoms with Gasteiger partial charge in [-0.05, 0) is 43.9 Å². The van der Waals surface area contributed by atoms with Crippen LogP contribution < -0.4 is 5.73 Å². The van der Waals surface area contributed by atoms with Crippen molar-refractivity contribution < 1.29 is 8.95 Å². The Morgan fingerprint density at radius 1 is 1.47 bits per heavy atom. The Morgan fingerprint density at radius 2 is 2.35 bits per heavy atom. The van der Waals surface area contributed by atoms with Crippen LogP contribution in [-0.2, 0) is 15.5 Å². The van der Waals surface area contributed by atoms with E-state index in [1.807, 2.05) is 18.2 Å². The number of rotatable bonds is 5. The normalized spacial score (nSPS) is 21.5. The van der Waals surface area contributed by atoms with E-state index in [9.17, 15) is 4.21 Å². The highest BCUT2D eigenvalue weighted by atomic mass is 32.2. The number of hydrogen-bond acceptors (Lipinski definition) is 3. The van der Waals surface area contributed by atoms with E-state index in [2.05, 4.69) is 0 Å². The van der Waals surface area contributed by atoms with Crippen LogP contribution in [0.4, 0.5) is 5.69 Å². The molecule has 3 nitrogen and oxygen atoms in total. The van der Waals surface area contributed by atoms with Crippen LogP contribution in [0.15, 0.2) is 29.2 Å². The van der Waals surface area contributed by atoms with E-state index >= 15 is 0 Å². The van der Waals surface area contributed by atoms with Crippen molar-refractivity contribution >= 4 is 16.5 Å². The average Bonchev–Trinajstić information content (AvgIpc) is 2.82. The van der Waals surface area contributed by atoms with E-state index in [1.165, 1.54) is 6.42 Å². The largest absolute Gasteiger partial charge is 0.399 e. The summed E-state index contributed by atoms with van der Waals surface area (Å²) in [6.45, 7) is 0.892. The molecule has 1 aromatic rings. The minimum Gasteiger partial charge on any atom is -0.399 e. The third kappa shape index (κ3) is 3.82. The summed E-state index contributed by atoms with van der Waals surface area (Å²) in [7, 11) is -0.929. The van der Waals surface area contributed by atoms with Crippen LogP contribution in [0.2, 0.25) is 0 Å². The molecule has 0 amide bonds. The predicted molar refractivity (Wildman–Crippen MR) is 70.3 cm³/mol. The van der Waals surface area contributed by atoms with Crippen molar-refractivity contribution in [3.8, 4) is 0 Å². The summed E-state index contributed by atoms with van der Waals surface area (Å²) in [6.07, 6.45) is 4.70. The third-order valence-corrected chi connectivity index (χ3v) is 4.44. The average molecular weight is 253 g/mol. The second-order valence-corrected chi connectivity index (χ2v) is 5.97. The minimum absolute atomic E-state index is 0.396. The van der Waals surface area contributed by atoms with Crippen molar-refractivity contribution in [1.29, 1.82) is 0 Å². The summed E-state index contributed by atoms with van der Waals surface area (Å²) in [5.41, 5.74) is 6.35. The number of ether oxygens (including phenoxy) is 1. The molecule has 1 aliphatic rings. The predicted octanol–water partition coefficient (Wildman–Crippen LogP) is 2.34. The van der Waals surface area contributed by atoms with Crippen molar-refractivity contribution in [2.45, 2.75) is 36.7 Å². The lowest BCUT2D eigenvalue weighted by atomic mass is 10.1. The van der Waals surface area contributed by atoms with Crippen molar-refractivity contribution in [3.63, 3.8) is 0 Å². The molecule has 2 rings (SSSR count). The van der Waals surface area contributed by atoms with Gasteiger partial charge < -0.3 is 10.5 Å². The highest BCUT2D eigenvalue weighted by Crippen LogP contribution is 2.18. The summed E-state index contributed by atoms with van der Waals surface area (Å²) < 4.78 is 17.5. The van der Waals surface area contributed by atoms with E-state index in [4.69, 9.17) is 10.5 Å². The zero-order chi connectivity index (χ0) is 12.1. The lowest BCUT2D eigenvalue weighted by molar-refractivity contribution is 0.104. The first-order chi connectivity index (χ1) is 8.25. The molecule has 0 aromatic heterocycles. The molecule has 2 unspecified atom stereocenters. The van der Waals surface area contributed by atoms with Crippen molar-refractivity contribution in [3.05, 3.63) is 24.3 Å². The van der Waals surface area contributed by atoms with Gasteiger partial charge >= 0.3 is 0 Å². The molecule has 1 aromatic carbocycles. The van der Waals surface area contributed by atoms with Crippen molar-refractivity contribution in [2.75, 3.05) is 18.1 Å². The van der Waals surface area contributed by atoms with Crippen molar-refractivity contribution in [2.24, 2.45) is 0 Å². The topological polar surface area (TPSA) is 52.3 Å². The molecule has 17 heavy (non-hydrogen) atoms. The lowest BCUT2D eigenvalue weighted by Gasteiger charge is -2.08. The van der Waals surface area contributed by atoms with Gasteiger partial charge in [-0.25, -0.2) is 0 Å². The number of benzene rings is 1. The fourth-order valence-electron chi connectivity index (χ4n) is 2.09. The summed E-state index contributed by atoms with van der Waals surface area (Å²) in [5.74, 6) is 0.698. The molecular formula is C13H19NO2S. The summed E-state index contributed by atoms with van der Waals surface area (Å²) in [5, 5.41) is 0. The van der Waals surface area contributed by atoms with Crippen LogP contribution in [0.25, 0.3) is 0 Å². The number of anilines is 1. The first-order valence-corrected chi connectivity index (χ1v) is 7.43. The summed E-state index contributed by atoms with van der Waals surface area (Å²) >= 11 is 0. The summed E-state index contributed by atoms with van der Waals surface area (Å²) in [4.78, 5) is 0.831. The fourth-order valence-corrected chi connectivity index (χ4v) is 3.25. The minimum atomic E-state index is -0.929. The standard InChI is InChI=1S/C13H19NO2S/c14-11-4-1-7-13(10-11)17(15)9-3-6-12-5-2-8-16-12/h1,4,7,10,12H,2-3,5-6,8-9,14H2. The van der Waals surface area contributed by atoms with E-state index in [0.717, 1.165) is 30.8 Å². The first-order valence-electron chi connectivity index (χ1n) is 6.11. The van der Waals surface area contributed by atoms with Gasteiger partial charge in [0, 0.05) is 22.9 Å². The molecule has 1 aliphatic heterocycles. The van der Waals surface area contributed by atoms with Crippen LogP contribution >= 0.6 is 0 Å². The molecule has 0 spiro atoms. The molecule has 2 atom stereocenters. The van der Waals surface area contributed by atoms with Gasteiger partial charge in [-0.15, -0.1) is 0 Å². The molecule has 0 saturated carbocycles. The molecule has 1 heterocycles. The Labute approximate surface area is 105 Å². The maximum atomic E-state index is 12.0. The van der Waals surface area contributed by atoms with Gasteiger partial charge in [-0.2, -0.15) is 0 Å². The highest BCUT2D eigenvalue weighted by molar-refractivity contribution is 7.85. The zero-order valence-corrected chi connectivity index (χ0v) is 10.7. The molecule has 0 aliphatic carbocycles. The van der Waals surface area contributed by atoms with E-state index in [-0.39, 0.29) is 0 Å². The Bertz CT molecular complexity index is 389. The highest BCUT2D eigenvalue weighted by Gasteiger charge is 2.15. The second kappa shape index (κ2) is 6.17. The maximum Gasteiger partial charge on any atom is 0.0576 e. The third-order valence-electron chi connectivity index (χ3n) is 3.00. The number of hydrogen-bond donors (Lipinski definition) is 1. The zero-order valence-electron chi connectivity index (χ0n) is 9.93. The Kier molecular flexibility index (Phi) is 4.57.